The van der Waals surface area contributed by atoms with Crippen LogP contribution in [0.15, 0.2) is 66.2 Å². The van der Waals surface area contributed by atoms with E-state index in [4.69, 9.17) is 9.47 Å². The SMILES string of the molecule is CCOc1cc(/C=C(\C#N)C(=O)Nc2cccc(C)c2)ccc1OCc1ccc(C)c(C)c1. The predicted octanol–water partition coefficient (Wildman–Crippen LogP) is 6.14. The Hall–Kier alpha value is -4.04. The molecule has 0 aliphatic carbocycles. The van der Waals surface area contributed by atoms with E-state index >= 15 is 0 Å². The van der Waals surface area contributed by atoms with E-state index in [2.05, 4.69) is 31.3 Å². The third kappa shape index (κ3) is 6.47. The molecule has 0 saturated carbocycles. The van der Waals surface area contributed by atoms with E-state index in [1.165, 1.54) is 11.1 Å². The fourth-order valence-corrected chi connectivity index (χ4v) is 3.29. The maximum absolute atomic E-state index is 12.6. The van der Waals surface area contributed by atoms with Gasteiger partial charge in [-0.1, -0.05) is 36.4 Å². The quantitative estimate of drug-likeness (QED) is 0.338. The van der Waals surface area contributed by atoms with Gasteiger partial charge in [0.2, 0.25) is 0 Å². The van der Waals surface area contributed by atoms with Crippen LogP contribution in [0, 0.1) is 32.1 Å². The molecule has 1 amide bonds. The van der Waals surface area contributed by atoms with Gasteiger partial charge >= 0.3 is 0 Å². The lowest BCUT2D eigenvalue weighted by molar-refractivity contribution is -0.112. The van der Waals surface area contributed by atoms with Crippen LogP contribution >= 0.6 is 0 Å². The highest BCUT2D eigenvalue weighted by Gasteiger charge is 2.12. The molecule has 0 saturated heterocycles. The highest BCUT2D eigenvalue weighted by Crippen LogP contribution is 2.30. The van der Waals surface area contributed by atoms with Crippen LogP contribution in [0.5, 0.6) is 11.5 Å². The van der Waals surface area contributed by atoms with E-state index in [0.29, 0.717) is 36.0 Å². The summed E-state index contributed by atoms with van der Waals surface area (Å²) in [5, 5.41) is 12.3. The predicted molar refractivity (Wildman–Crippen MR) is 131 cm³/mol. The lowest BCUT2D eigenvalue weighted by Gasteiger charge is -2.13. The summed E-state index contributed by atoms with van der Waals surface area (Å²) in [6, 6.07) is 21.0. The molecule has 3 rings (SSSR count). The Labute approximate surface area is 195 Å². The number of nitrogens with one attached hydrogen (secondary N) is 1. The smallest absolute Gasteiger partial charge is 0.266 e. The number of carbonyl (C=O) groups is 1. The number of ether oxygens (including phenoxy) is 2. The normalized spacial score (nSPS) is 10.9. The lowest BCUT2D eigenvalue weighted by atomic mass is 10.1. The maximum Gasteiger partial charge on any atom is 0.266 e. The molecule has 0 atom stereocenters. The van der Waals surface area contributed by atoms with Crippen molar-refractivity contribution in [2.45, 2.75) is 34.3 Å². The zero-order valence-electron chi connectivity index (χ0n) is 19.4. The molecule has 0 fully saturated rings. The maximum atomic E-state index is 12.6. The third-order valence-corrected chi connectivity index (χ3v) is 5.19. The average Bonchev–Trinajstić information content (AvgIpc) is 2.79. The summed E-state index contributed by atoms with van der Waals surface area (Å²) >= 11 is 0. The lowest BCUT2D eigenvalue weighted by Crippen LogP contribution is -2.13. The van der Waals surface area contributed by atoms with Crippen molar-refractivity contribution in [3.05, 3.63) is 94.1 Å². The highest BCUT2D eigenvalue weighted by atomic mass is 16.5. The number of rotatable bonds is 8. The van der Waals surface area contributed by atoms with Crippen LogP contribution in [-0.4, -0.2) is 12.5 Å². The minimum absolute atomic E-state index is 0.00255. The molecule has 168 valence electrons. The molecule has 33 heavy (non-hydrogen) atoms. The van der Waals surface area contributed by atoms with Gasteiger partial charge in [-0.05, 0) is 85.9 Å². The van der Waals surface area contributed by atoms with E-state index in [9.17, 15) is 10.1 Å². The number of amides is 1. The molecule has 0 aromatic heterocycles. The van der Waals surface area contributed by atoms with E-state index in [0.717, 1.165) is 11.1 Å². The van der Waals surface area contributed by atoms with Crippen molar-refractivity contribution in [2.75, 3.05) is 11.9 Å². The van der Waals surface area contributed by atoms with Crippen LogP contribution < -0.4 is 14.8 Å². The summed E-state index contributed by atoms with van der Waals surface area (Å²) in [6.45, 7) is 8.87. The first-order valence-corrected chi connectivity index (χ1v) is 10.8. The van der Waals surface area contributed by atoms with E-state index < -0.39 is 5.91 Å². The summed E-state index contributed by atoms with van der Waals surface area (Å²) in [5.74, 6) is 0.706. The second kappa shape index (κ2) is 11.0. The number of carbonyl (C=O) groups excluding carboxylic acids is 1. The van der Waals surface area contributed by atoms with Gasteiger partial charge in [0.05, 0.1) is 6.61 Å². The molecule has 0 radical (unpaired) electrons. The number of benzene rings is 3. The molecule has 0 bridgehead atoms. The van der Waals surface area contributed by atoms with Gasteiger partial charge in [-0.3, -0.25) is 4.79 Å². The molecule has 1 N–H and O–H groups in total. The summed E-state index contributed by atoms with van der Waals surface area (Å²) in [7, 11) is 0. The van der Waals surface area contributed by atoms with Crippen molar-refractivity contribution >= 4 is 17.7 Å². The number of nitrogens with zero attached hydrogens (tertiary/aromatic N) is 1. The second-order valence-electron chi connectivity index (χ2n) is 7.84. The highest BCUT2D eigenvalue weighted by molar-refractivity contribution is 6.09. The Morgan fingerprint density at radius 1 is 0.970 bits per heavy atom. The Bertz CT molecular complexity index is 1220. The van der Waals surface area contributed by atoms with Crippen molar-refractivity contribution in [1.82, 2.24) is 0 Å². The molecule has 0 aliphatic heterocycles. The number of nitriles is 1. The van der Waals surface area contributed by atoms with Gasteiger partial charge in [-0.2, -0.15) is 5.26 Å². The van der Waals surface area contributed by atoms with Gasteiger partial charge in [-0.15, -0.1) is 0 Å². The molecular formula is C28H28N2O3. The fraction of sp³-hybridized carbons (Fsp3) is 0.214. The zero-order chi connectivity index (χ0) is 23.8. The molecule has 0 aliphatic rings. The molecule has 0 unspecified atom stereocenters. The van der Waals surface area contributed by atoms with Crippen molar-refractivity contribution in [1.29, 1.82) is 5.26 Å². The van der Waals surface area contributed by atoms with Crippen molar-refractivity contribution < 1.29 is 14.3 Å². The van der Waals surface area contributed by atoms with Crippen LogP contribution in [0.2, 0.25) is 0 Å². The first-order valence-electron chi connectivity index (χ1n) is 10.8. The van der Waals surface area contributed by atoms with E-state index in [1.54, 1.807) is 30.3 Å². The molecule has 5 nitrogen and oxygen atoms in total. The first-order chi connectivity index (χ1) is 15.9. The van der Waals surface area contributed by atoms with E-state index in [1.807, 2.05) is 44.2 Å². The summed E-state index contributed by atoms with van der Waals surface area (Å²) in [6.07, 6.45) is 1.54. The third-order valence-electron chi connectivity index (χ3n) is 5.19. The molecular weight excluding hydrogens is 412 g/mol. The fourth-order valence-electron chi connectivity index (χ4n) is 3.29. The standard InChI is InChI=1S/C28H28N2O3/c1-5-32-27-16-22(11-12-26(27)33-18-23-10-9-20(3)21(4)14-23)15-24(17-29)28(31)30-25-8-6-7-19(2)13-25/h6-16H,5,18H2,1-4H3,(H,30,31)/b24-15+. The Morgan fingerprint density at radius 2 is 1.79 bits per heavy atom. The van der Waals surface area contributed by atoms with Crippen LogP contribution in [0.25, 0.3) is 6.08 Å². The molecule has 5 heteroatoms. The van der Waals surface area contributed by atoms with Gasteiger partial charge in [0.15, 0.2) is 11.5 Å². The monoisotopic (exact) mass is 440 g/mol. The topological polar surface area (TPSA) is 71.3 Å². The van der Waals surface area contributed by atoms with Crippen LogP contribution in [0.4, 0.5) is 5.69 Å². The van der Waals surface area contributed by atoms with Crippen molar-refractivity contribution in [3.63, 3.8) is 0 Å². The van der Waals surface area contributed by atoms with Crippen LogP contribution in [0.1, 0.15) is 34.7 Å². The van der Waals surface area contributed by atoms with E-state index in [-0.39, 0.29) is 5.57 Å². The molecule has 3 aromatic rings. The number of hydrogen-bond donors (Lipinski definition) is 1. The summed E-state index contributed by atoms with van der Waals surface area (Å²) in [4.78, 5) is 12.6. The first kappa shape index (κ1) is 23.6. The Balaban J connectivity index is 1.78. The minimum atomic E-state index is -0.462. The molecule has 0 spiro atoms. The molecule has 3 aromatic carbocycles. The largest absolute Gasteiger partial charge is 0.490 e. The summed E-state index contributed by atoms with van der Waals surface area (Å²) in [5.41, 5.74) is 5.87. The van der Waals surface area contributed by atoms with Crippen LogP contribution in [0.3, 0.4) is 0 Å². The Morgan fingerprint density at radius 3 is 2.48 bits per heavy atom. The second-order valence-corrected chi connectivity index (χ2v) is 7.84. The number of hydrogen-bond acceptors (Lipinski definition) is 4. The van der Waals surface area contributed by atoms with Gasteiger partial charge in [-0.25, -0.2) is 0 Å². The van der Waals surface area contributed by atoms with Crippen LogP contribution in [-0.2, 0) is 11.4 Å². The van der Waals surface area contributed by atoms with Gasteiger partial charge in [0.25, 0.3) is 5.91 Å². The Kier molecular flexibility index (Phi) is 7.88. The number of anilines is 1. The van der Waals surface area contributed by atoms with Crippen molar-refractivity contribution in [2.24, 2.45) is 0 Å². The molecule has 0 heterocycles. The van der Waals surface area contributed by atoms with Gasteiger partial charge in [0.1, 0.15) is 18.2 Å². The average molecular weight is 441 g/mol. The van der Waals surface area contributed by atoms with Gasteiger partial charge in [0, 0.05) is 5.69 Å². The van der Waals surface area contributed by atoms with Crippen molar-refractivity contribution in [3.8, 4) is 17.6 Å². The van der Waals surface area contributed by atoms with Gasteiger partial charge < -0.3 is 14.8 Å². The zero-order valence-corrected chi connectivity index (χ0v) is 19.4. The minimum Gasteiger partial charge on any atom is -0.490 e. The number of aryl methyl sites for hydroxylation is 3. The summed E-state index contributed by atoms with van der Waals surface area (Å²) < 4.78 is 11.8.